The lowest BCUT2D eigenvalue weighted by molar-refractivity contribution is -0.132. The number of likely N-dealkylation sites (tertiary alicyclic amines) is 1. The zero-order chi connectivity index (χ0) is 14.5. The Morgan fingerprint density at radius 2 is 2.05 bits per heavy atom. The maximum absolute atomic E-state index is 12.3. The third-order valence-corrected chi connectivity index (χ3v) is 3.88. The van der Waals surface area contributed by atoms with Crippen LogP contribution in [0.5, 0.6) is 5.75 Å². The highest BCUT2D eigenvalue weighted by molar-refractivity contribution is 6.32. The molecule has 1 amide bonds. The number of rotatable bonds is 4. The second-order valence-corrected chi connectivity index (χ2v) is 5.51. The van der Waals surface area contributed by atoms with Crippen molar-refractivity contribution in [2.45, 2.75) is 32.2 Å². The standard InChI is InChI=1S/C15H21ClN2O2/c1-11(15(19)18-8-4-3-5-9-18)17-12-6-7-13(16)14(10-12)20-2/h6-7,10-11,17H,3-5,8-9H2,1-2H3. The van der Waals surface area contributed by atoms with Crippen LogP contribution in [-0.4, -0.2) is 37.0 Å². The molecule has 20 heavy (non-hydrogen) atoms. The first kappa shape index (κ1) is 15.0. The van der Waals surface area contributed by atoms with Gasteiger partial charge in [0, 0.05) is 24.8 Å². The van der Waals surface area contributed by atoms with E-state index in [2.05, 4.69) is 5.32 Å². The second kappa shape index (κ2) is 6.84. The van der Waals surface area contributed by atoms with Gasteiger partial charge < -0.3 is 15.0 Å². The quantitative estimate of drug-likeness (QED) is 0.928. The van der Waals surface area contributed by atoms with Crippen LogP contribution in [0.15, 0.2) is 18.2 Å². The highest BCUT2D eigenvalue weighted by Crippen LogP contribution is 2.27. The molecule has 0 aliphatic carbocycles. The van der Waals surface area contributed by atoms with Crippen LogP contribution >= 0.6 is 11.6 Å². The molecule has 0 aromatic heterocycles. The van der Waals surface area contributed by atoms with E-state index in [0.717, 1.165) is 31.6 Å². The minimum atomic E-state index is -0.251. The second-order valence-electron chi connectivity index (χ2n) is 5.10. The third kappa shape index (κ3) is 3.57. The summed E-state index contributed by atoms with van der Waals surface area (Å²) in [4.78, 5) is 14.3. The van der Waals surface area contributed by atoms with Crippen molar-refractivity contribution >= 4 is 23.2 Å². The minimum Gasteiger partial charge on any atom is -0.495 e. The van der Waals surface area contributed by atoms with Crippen molar-refractivity contribution < 1.29 is 9.53 Å². The molecule has 0 spiro atoms. The molecule has 5 heteroatoms. The summed E-state index contributed by atoms with van der Waals surface area (Å²) < 4.78 is 5.18. The summed E-state index contributed by atoms with van der Waals surface area (Å²) in [6.07, 6.45) is 3.43. The molecule has 1 aromatic carbocycles. The molecule has 1 aliphatic rings. The number of hydrogen-bond acceptors (Lipinski definition) is 3. The largest absolute Gasteiger partial charge is 0.495 e. The number of nitrogens with zero attached hydrogens (tertiary/aromatic N) is 1. The molecule has 0 saturated carbocycles. The Morgan fingerprint density at radius 3 is 2.70 bits per heavy atom. The van der Waals surface area contributed by atoms with Gasteiger partial charge in [-0.2, -0.15) is 0 Å². The maximum atomic E-state index is 12.3. The van der Waals surface area contributed by atoms with Gasteiger partial charge in [-0.1, -0.05) is 11.6 Å². The first-order valence-electron chi connectivity index (χ1n) is 7.00. The topological polar surface area (TPSA) is 41.6 Å². The summed E-state index contributed by atoms with van der Waals surface area (Å²) in [5.41, 5.74) is 0.837. The molecule has 0 radical (unpaired) electrons. The number of benzene rings is 1. The van der Waals surface area contributed by atoms with Crippen LogP contribution in [0.2, 0.25) is 5.02 Å². The number of carbonyl (C=O) groups excluding carboxylic acids is 1. The van der Waals surface area contributed by atoms with E-state index in [1.165, 1.54) is 6.42 Å². The van der Waals surface area contributed by atoms with Crippen molar-refractivity contribution in [1.29, 1.82) is 0 Å². The average molecular weight is 297 g/mol. The number of hydrogen-bond donors (Lipinski definition) is 1. The van der Waals surface area contributed by atoms with Gasteiger partial charge in [-0.05, 0) is 38.3 Å². The number of nitrogens with one attached hydrogen (secondary N) is 1. The lowest BCUT2D eigenvalue weighted by Crippen LogP contribution is -2.43. The van der Waals surface area contributed by atoms with Gasteiger partial charge in [0.25, 0.3) is 0 Å². The van der Waals surface area contributed by atoms with Crippen LogP contribution in [0.3, 0.4) is 0 Å². The van der Waals surface area contributed by atoms with E-state index in [1.807, 2.05) is 24.0 Å². The van der Waals surface area contributed by atoms with Gasteiger partial charge >= 0.3 is 0 Å². The van der Waals surface area contributed by atoms with Crippen LogP contribution in [0.25, 0.3) is 0 Å². The monoisotopic (exact) mass is 296 g/mol. The molecule has 110 valence electrons. The fraction of sp³-hybridized carbons (Fsp3) is 0.533. The van der Waals surface area contributed by atoms with E-state index in [1.54, 1.807) is 13.2 Å². The third-order valence-electron chi connectivity index (χ3n) is 3.57. The zero-order valence-electron chi connectivity index (χ0n) is 12.0. The molecule has 1 saturated heterocycles. The fourth-order valence-corrected chi connectivity index (χ4v) is 2.64. The van der Waals surface area contributed by atoms with Gasteiger partial charge in [0.15, 0.2) is 0 Å². The fourth-order valence-electron chi connectivity index (χ4n) is 2.45. The number of amides is 1. The van der Waals surface area contributed by atoms with Crippen molar-refractivity contribution in [3.8, 4) is 5.75 Å². The van der Waals surface area contributed by atoms with E-state index in [9.17, 15) is 4.79 Å². The first-order chi connectivity index (χ1) is 9.61. The van der Waals surface area contributed by atoms with Crippen molar-refractivity contribution in [3.05, 3.63) is 23.2 Å². The summed E-state index contributed by atoms with van der Waals surface area (Å²) in [6.45, 7) is 3.63. The summed E-state index contributed by atoms with van der Waals surface area (Å²) in [5, 5.41) is 3.77. The highest BCUT2D eigenvalue weighted by Gasteiger charge is 2.22. The summed E-state index contributed by atoms with van der Waals surface area (Å²) in [5.74, 6) is 0.757. The van der Waals surface area contributed by atoms with Gasteiger partial charge in [-0.15, -0.1) is 0 Å². The van der Waals surface area contributed by atoms with Gasteiger partial charge in [0.2, 0.25) is 5.91 Å². The van der Waals surface area contributed by atoms with Crippen molar-refractivity contribution in [1.82, 2.24) is 4.90 Å². The molecule has 1 aromatic rings. The smallest absolute Gasteiger partial charge is 0.244 e. The Morgan fingerprint density at radius 1 is 1.35 bits per heavy atom. The van der Waals surface area contributed by atoms with Crippen molar-refractivity contribution in [2.75, 3.05) is 25.5 Å². The first-order valence-corrected chi connectivity index (χ1v) is 7.38. The lowest BCUT2D eigenvalue weighted by atomic mass is 10.1. The van der Waals surface area contributed by atoms with E-state index in [0.29, 0.717) is 10.8 Å². The van der Waals surface area contributed by atoms with Crippen LogP contribution in [-0.2, 0) is 4.79 Å². The normalized spacial score (nSPS) is 16.6. The molecule has 1 aliphatic heterocycles. The van der Waals surface area contributed by atoms with Crippen molar-refractivity contribution in [3.63, 3.8) is 0 Å². The number of ether oxygens (including phenoxy) is 1. The summed E-state index contributed by atoms with van der Waals surface area (Å²) in [6, 6.07) is 5.17. The number of methoxy groups -OCH3 is 1. The van der Waals surface area contributed by atoms with E-state index in [-0.39, 0.29) is 11.9 Å². The predicted octanol–water partition coefficient (Wildman–Crippen LogP) is 3.16. The summed E-state index contributed by atoms with van der Waals surface area (Å²) in [7, 11) is 1.58. The van der Waals surface area contributed by atoms with Gasteiger partial charge in [0.1, 0.15) is 11.8 Å². The Balaban J connectivity index is 1.99. The molecule has 2 rings (SSSR count). The minimum absolute atomic E-state index is 0.151. The highest BCUT2D eigenvalue weighted by atomic mass is 35.5. The number of carbonyl (C=O) groups is 1. The Hall–Kier alpha value is -1.42. The zero-order valence-corrected chi connectivity index (χ0v) is 12.7. The van der Waals surface area contributed by atoms with Crippen LogP contribution in [0.4, 0.5) is 5.69 Å². The summed E-state index contributed by atoms with van der Waals surface area (Å²) >= 11 is 5.99. The molecule has 1 N–H and O–H groups in total. The van der Waals surface area contributed by atoms with Crippen LogP contribution < -0.4 is 10.1 Å². The Kier molecular flexibility index (Phi) is 5.12. The predicted molar refractivity (Wildman–Crippen MR) is 81.5 cm³/mol. The van der Waals surface area contributed by atoms with Gasteiger partial charge in [-0.3, -0.25) is 4.79 Å². The molecule has 1 atom stereocenters. The van der Waals surface area contributed by atoms with E-state index in [4.69, 9.17) is 16.3 Å². The maximum Gasteiger partial charge on any atom is 0.244 e. The lowest BCUT2D eigenvalue weighted by Gasteiger charge is -2.29. The number of piperidine rings is 1. The molecular weight excluding hydrogens is 276 g/mol. The SMILES string of the molecule is COc1cc(NC(C)C(=O)N2CCCCC2)ccc1Cl. The van der Waals surface area contributed by atoms with Crippen molar-refractivity contribution in [2.24, 2.45) is 0 Å². The molecule has 0 bridgehead atoms. The van der Waals surface area contributed by atoms with Crippen LogP contribution in [0, 0.1) is 0 Å². The molecule has 1 heterocycles. The number of anilines is 1. The van der Waals surface area contributed by atoms with E-state index >= 15 is 0 Å². The van der Waals surface area contributed by atoms with Gasteiger partial charge in [0.05, 0.1) is 12.1 Å². The number of halogens is 1. The Labute approximate surface area is 125 Å². The molecule has 4 nitrogen and oxygen atoms in total. The van der Waals surface area contributed by atoms with E-state index < -0.39 is 0 Å². The average Bonchev–Trinajstić information content (AvgIpc) is 2.49. The Bertz CT molecular complexity index is 473. The molecule has 1 unspecified atom stereocenters. The van der Waals surface area contributed by atoms with Gasteiger partial charge in [-0.25, -0.2) is 0 Å². The van der Waals surface area contributed by atoms with Crippen LogP contribution in [0.1, 0.15) is 26.2 Å². The molecule has 1 fully saturated rings. The molecular formula is C15H21ClN2O2.